The van der Waals surface area contributed by atoms with Crippen LogP contribution in [0.25, 0.3) is 0 Å². The van der Waals surface area contributed by atoms with E-state index in [1.54, 1.807) is 17.8 Å². The molecule has 2 aromatic rings. The number of rotatable bonds is 3. The number of nitriles is 1. The Kier molecular flexibility index (Phi) is 4.34. The van der Waals surface area contributed by atoms with Gasteiger partial charge in [-0.1, -0.05) is 29.3 Å². The van der Waals surface area contributed by atoms with Crippen LogP contribution in [0.1, 0.15) is 35.6 Å². The third-order valence-electron chi connectivity index (χ3n) is 4.70. The molecule has 6 heteroatoms. The fourth-order valence-electron chi connectivity index (χ4n) is 3.42. The van der Waals surface area contributed by atoms with E-state index >= 15 is 0 Å². The highest BCUT2D eigenvalue weighted by atomic mass is 35.5. The highest BCUT2D eigenvalue weighted by molar-refractivity contribution is 7.98. The summed E-state index contributed by atoms with van der Waals surface area (Å²) in [6.45, 7) is 2.17. The lowest BCUT2D eigenvalue weighted by Gasteiger charge is -2.41. The highest BCUT2D eigenvalue weighted by Crippen LogP contribution is 2.43. The number of benzene rings is 1. The van der Waals surface area contributed by atoms with Gasteiger partial charge in [0.1, 0.15) is 11.1 Å². The van der Waals surface area contributed by atoms with Gasteiger partial charge in [0.15, 0.2) is 0 Å². The molecular formula is C18H15Cl2N3S. The molecule has 1 fully saturated rings. The summed E-state index contributed by atoms with van der Waals surface area (Å²) in [5.74, 6) is 1.26. The molecular weight excluding hydrogens is 361 g/mol. The first-order chi connectivity index (χ1) is 11.7. The molecule has 0 atom stereocenters. The molecule has 0 spiro atoms. The number of aromatic nitrogens is 1. The fraction of sp³-hybridized carbons (Fsp3) is 0.333. The second-order valence-corrected chi connectivity index (χ2v) is 7.93. The largest absolute Gasteiger partial charge is 0.370 e. The number of halogens is 2. The summed E-state index contributed by atoms with van der Waals surface area (Å²) in [5, 5.41) is 11.4. The molecule has 1 aromatic carbocycles. The van der Waals surface area contributed by atoms with Crippen molar-refractivity contribution in [2.24, 2.45) is 0 Å². The topological polar surface area (TPSA) is 39.9 Å². The summed E-state index contributed by atoms with van der Waals surface area (Å²) in [7, 11) is 0. The van der Waals surface area contributed by atoms with E-state index in [0.717, 1.165) is 29.4 Å². The van der Waals surface area contributed by atoms with Crippen LogP contribution in [-0.2, 0) is 5.75 Å². The Labute approximate surface area is 155 Å². The number of thioether (sulfide) groups is 1. The van der Waals surface area contributed by atoms with Gasteiger partial charge in [0.2, 0.25) is 0 Å². The molecule has 3 nitrogen and oxygen atoms in total. The highest BCUT2D eigenvalue weighted by Gasteiger charge is 2.33. The van der Waals surface area contributed by atoms with Crippen molar-refractivity contribution >= 4 is 40.7 Å². The third kappa shape index (κ3) is 2.86. The SMILES string of the molecule is N#Cc1cc2c(nc1SCc1ccc(Cl)c(Cl)c1)C1CCN2CC1. The van der Waals surface area contributed by atoms with Crippen molar-refractivity contribution in [3.63, 3.8) is 0 Å². The number of hydrogen-bond donors (Lipinski definition) is 0. The van der Waals surface area contributed by atoms with Crippen LogP contribution in [0.15, 0.2) is 29.3 Å². The summed E-state index contributed by atoms with van der Waals surface area (Å²) >= 11 is 13.6. The van der Waals surface area contributed by atoms with Crippen molar-refractivity contribution in [1.82, 2.24) is 4.98 Å². The lowest BCUT2D eigenvalue weighted by atomic mass is 9.86. The molecule has 122 valence electrons. The molecule has 0 saturated carbocycles. The van der Waals surface area contributed by atoms with Crippen molar-refractivity contribution < 1.29 is 0 Å². The molecule has 3 aliphatic rings. The molecule has 0 amide bonds. The first-order valence-electron chi connectivity index (χ1n) is 7.92. The average Bonchev–Trinajstić information content (AvgIpc) is 2.63. The predicted octanol–water partition coefficient (Wildman–Crippen LogP) is 5.25. The molecule has 0 aliphatic carbocycles. The van der Waals surface area contributed by atoms with Gasteiger partial charge >= 0.3 is 0 Å². The van der Waals surface area contributed by atoms with Crippen molar-refractivity contribution in [3.05, 3.63) is 51.1 Å². The van der Waals surface area contributed by atoms with Gasteiger partial charge in [-0.15, -0.1) is 11.8 Å². The first kappa shape index (κ1) is 16.1. The Morgan fingerprint density at radius 3 is 2.71 bits per heavy atom. The lowest BCUT2D eigenvalue weighted by molar-refractivity contribution is 0.461. The Bertz CT molecular complexity index is 839. The van der Waals surface area contributed by atoms with Gasteiger partial charge in [0, 0.05) is 24.8 Å². The van der Waals surface area contributed by atoms with Crippen LogP contribution < -0.4 is 4.90 Å². The Morgan fingerprint density at radius 2 is 2.00 bits per heavy atom. The van der Waals surface area contributed by atoms with E-state index in [1.807, 2.05) is 18.2 Å². The Balaban J connectivity index is 1.62. The number of hydrogen-bond acceptors (Lipinski definition) is 4. The van der Waals surface area contributed by atoms with Crippen LogP contribution in [0.5, 0.6) is 0 Å². The van der Waals surface area contributed by atoms with Crippen LogP contribution in [0.2, 0.25) is 10.0 Å². The molecule has 4 heterocycles. The molecule has 1 saturated heterocycles. The normalized spacial score (nSPS) is 16.1. The minimum Gasteiger partial charge on any atom is -0.370 e. The monoisotopic (exact) mass is 375 g/mol. The van der Waals surface area contributed by atoms with E-state index in [0.29, 0.717) is 27.3 Å². The molecule has 3 aliphatic heterocycles. The molecule has 0 radical (unpaired) electrons. The smallest absolute Gasteiger partial charge is 0.115 e. The van der Waals surface area contributed by atoms with E-state index in [9.17, 15) is 5.26 Å². The second-order valence-electron chi connectivity index (χ2n) is 6.16. The van der Waals surface area contributed by atoms with Crippen LogP contribution >= 0.6 is 35.0 Å². The van der Waals surface area contributed by atoms with E-state index < -0.39 is 0 Å². The summed E-state index contributed by atoms with van der Waals surface area (Å²) in [4.78, 5) is 7.22. The number of piperidine rings is 1. The van der Waals surface area contributed by atoms with Crippen LogP contribution in [0.4, 0.5) is 5.69 Å². The van der Waals surface area contributed by atoms with Crippen molar-refractivity contribution in [3.8, 4) is 6.07 Å². The number of nitrogens with zero attached hydrogens (tertiary/aromatic N) is 3. The third-order valence-corrected chi connectivity index (χ3v) is 6.50. The molecule has 5 rings (SSSR count). The minimum absolute atomic E-state index is 0.544. The molecule has 1 aromatic heterocycles. The fourth-order valence-corrected chi connectivity index (χ4v) is 4.64. The van der Waals surface area contributed by atoms with Crippen molar-refractivity contribution in [1.29, 1.82) is 5.26 Å². The maximum Gasteiger partial charge on any atom is 0.115 e. The molecule has 24 heavy (non-hydrogen) atoms. The number of pyridine rings is 1. The van der Waals surface area contributed by atoms with E-state index in [4.69, 9.17) is 28.2 Å². The van der Waals surface area contributed by atoms with Gasteiger partial charge in [-0.2, -0.15) is 5.26 Å². The minimum atomic E-state index is 0.544. The Morgan fingerprint density at radius 1 is 1.21 bits per heavy atom. The molecule has 2 bridgehead atoms. The van der Waals surface area contributed by atoms with Crippen molar-refractivity contribution in [2.75, 3.05) is 18.0 Å². The predicted molar refractivity (Wildman–Crippen MR) is 99.2 cm³/mol. The lowest BCUT2D eigenvalue weighted by Crippen LogP contribution is -2.39. The number of fused-ring (bicyclic) bond motifs is 2. The summed E-state index contributed by atoms with van der Waals surface area (Å²) in [6, 6.07) is 9.95. The zero-order valence-corrected chi connectivity index (χ0v) is 15.3. The second kappa shape index (κ2) is 6.48. The quantitative estimate of drug-likeness (QED) is 0.686. The van der Waals surface area contributed by atoms with Gasteiger partial charge in [0.25, 0.3) is 0 Å². The molecule has 0 N–H and O–H groups in total. The number of anilines is 1. The first-order valence-corrected chi connectivity index (χ1v) is 9.66. The van der Waals surface area contributed by atoms with Gasteiger partial charge < -0.3 is 4.90 Å². The maximum atomic E-state index is 9.51. The standard InChI is InChI=1S/C18H15Cl2N3S/c19-14-2-1-11(7-15(14)20)10-24-18-13(9-21)8-16-17(22-18)12-3-5-23(16)6-4-12/h1-2,7-8,12H,3-6,10H2. The zero-order valence-electron chi connectivity index (χ0n) is 12.9. The average molecular weight is 376 g/mol. The van der Waals surface area contributed by atoms with Gasteiger partial charge in [0.05, 0.1) is 27.0 Å². The maximum absolute atomic E-state index is 9.51. The van der Waals surface area contributed by atoms with Crippen molar-refractivity contribution in [2.45, 2.75) is 29.5 Å². The van der Waals surface area contributed by atoms with Crippen LogP contribution in [0, 0.1) is 11.3 Å². The van der Waals surface area contributed by atoms with E-state index in [2.05, 4.69) is 11.0 Å². The van der Waals surface area contributed by atoms with E-state index in [-0.39, 0.29) is 0 Å². The molecule has 0 unspecified atom stereocenters. The Hall–Kier alpha value is -1.41. The van der Waals surface area contributed by atoms with E-state index in [1.165, 1.54) is 18.5 Å². The zero-order chi connectivity index (χ0) is 16.7. The summed E-state index contributed by atoms with van der Waals surface area (Å²) in [5.41, 5.74) is 4.06. The summed E-state index contributed by atoms with van der Waals surface area (Å²) in [6.07, 6.45) is 2.34. The van der Waals surface area contributed by atoms with Crippen LogP contribution in [0.3, 0.4) is 0 Å². The van der Waals surface area contributed by atoms with Gasteiger partial charge in [-0.3, -0.25) is 0 Å². The van der Waals surface area contributed by atoms with Crippen LogP contribution in [-0.4, -0.2) is 18.1 Å². The summed E-state index contributed by atoms with van der Waals surface area (Å²) < 4.78 is 0. The van der Waals surface area contributed by atoms with Gasteiger partial charge in [-0.05, 0) is 36.6 Å². The van der Waals surface area contributed by atoms with Gasteiger partial charge in [-0.25, -0.2) is 4.98 Å².